The lowest BCUT2D eigenvalue weighted by atomic mass is 9.82. The summed E-state index contributed by atoms with van der Waals surface area (Å²) in [5, 5.41) is 13.7. The minimum atomic E-state index is -0.926. The van der Waals surface area contributed by atoms with Crippen molar-refractivity contribution >= 4 is 17.6 Å². The van der Waals surface area contributed by atoms with Gasteiger partial charge in [0.1, 0.15) is 12.4 Å². The van der Waals surface area contributed by atoms with Gasteiger partial charge >= 0.3 is 5.97 Å². The van der Waals surface area contributed by atoms with Gasteiger partial charge in [-0.25, -0.2) is 9.18 Å². The summed E-state index contributed by atoms with van der Waals surface area (Å²) in [7, 11) is 0. The number of carboxylic acids is 1. The summed E-state index contributed by atoms with van der Waals surface area (Å²) in [5.41, 5.74) is 4.78. The van der Waals surface area contributed by atoms with Crippen molar-refractivity contribution in [2.24, 2.45) is 11.8 Å². The van der Waals surface area contributed by atoms with Gasteiger partial charge in [-0.15, -0.1) is 0 Å². The molecule has 7 heteroatoms. The highest BCUT2D eigenvalue weighted by molar-refractivity contribution is 6.31. The molecule has 0 spiro atoms. The summed E-state index contributed by atoms with van der Waals surface area (Å²) in [6.07, 6.45) is 4.13. The maximum atomic E-state index is 13.8. The molecule has 0 saturated heterocycles. The van der Waals surface area contributed by atoms with Gasteiger partial charge in [0.25, 0.3) is 0 Å². The Morgan fingerprint density at radius 3 is 2.48 bits per heavy atom. The number of carbonyl (C=O) groups is 1. The first-order valence-corrected chi connectivity index (χ1v) is 11.7. The van der Waals surface area contributed by atoms with Gasteiger partial charge in [-0.1, -0.05) is 48.0 Å². The number of ether oxygens (including phenoxy) is 1. The van der Waals surface area contributed by atoms with Crippen molar-refractivity contribution < 1.29 is 19.0 Å². The van der Waals surface area contributed by atoms with E-state index in [4.69, 9.17) is 26.5 Å². The van der Waals surface area contributed by atoms with Crippen molar-refractivity contribution in [1.29, 1.82) is 0 Å². The molecule has 0 radical (unpaired) electrons. The van der Waals surface area contributed by atoms with Crippen LogP contribution in [-0.2, 0) is 16.1 Å². The summed E-state index contributed by atoms with van der Waals surface area (Å²) in [5.74, 6) is -0.474. The standard InChI is InChI=1S/C26H28ClFN2O3/c1-17-25(21-11-12-23(28)22(27)13-21)26(20-5-3-2-4-6-20)30(29-17)14-18-7-9-19(10-8-18)15-33-16-24(31)32/h2-6,11-13,18-19H,7-10,14-16H2,1H3,(H,31,32). The Balaban J connectivity index is 1.57. The van der Waals surface area contributed by atoms with Crippen LogP contribution in [0, 0.1) is 24.6 Å². The van der Waals surface area contributed by atoms with Crippen LogP contribution in [0.4, 0.5) is 4.39 Å². The highest BCUT2D eigenvalue weighted by Gasteiger charge is 2.25. The maximum Gasteiger partial charge on any atom is 0.329 e. The van der Waals surface area contributed by atoms with E-state index in [9.17, 15) is 9.18 Å². The van der Waals surface area contributed by atoms with E-state index in [1.165, 1.54) is 6.07 Å². The number of aryl methyl sites for hydroxylation is 1. The predicted molar refractivity (Wildman–Crippen MR) is 127 cm³/mol. The molecule has 33 heavy (non-hydrogen) atoms. The molecule has 5 nitrogen and oxygen atoms in total. The van der Waals surface area contributed by atoms with Crippen LogP contribution in [-0.4, -0.2) is 34.1 Å². The van der Waals surface area contributed by atoms with E-state index >= 15 is 0 Å². The molecule has 1 saturated carbocycles. The average molecular weight is 471 g/mol. The quantitative estimate of drug-likeness (QED) is 0.424. The Labute approximate surface area is 198 Å². The third-order valence-electron chi connectivity index (χ3n) is 6.36. The smallest absolute Gasteiger partial charge is 0.329 e. The van der Waals surface area contributed by atoms with Crippen LogP contribution in [0.3, 0.4) is 0 Å². The first-order chi connectivity index (χ1) is 15.9. The number of halogens is 2. The number of nitrogens with zero attached hydrogens (tertiary/aromatic N) is 2. The van der Waals surface area contributed by atoms with Gasteiger partial charge in [0.15, 0.2) is 0 Å². The summed E-state index contributed by atoms with van der Waals surface area (Å²) >= 11 is 6.10. The average Bonchev–Trinajstić information content (AvgIpc) is 3.12. The first-order valence-electron chi connectivity index (χ1n) is 11.3. The monoisotopic (exact) mass is 470 g/mol. The molecular formula is C26H28ClFN2O3. The van der Waals surface area contributed by atoms with Gasteiger partial charge in [0.2, 0.25) is 0 Å². The van der Waals surface area contributed by atoms with Crippen molar-refractivity contribution in [2.45, 2.75) is 39.2 Å². The Morgan fingerprint density at radius 2 is 1.82 bits per heavy atom. The molecule has 0 atom stereocenters. The number of benzene rings is 2. The van der Waals surface area contributed by atoms with E-state index in [1.807, 2.05) is 25.1 Å². The molecule has 0 aliphatic heterocycles. The van der Waals surface area contributed by atoms with Crippen LogP contribution >= 0.6 is 11.6 Å². The molecule has 174 valence electrons. The lowest BCUT2D eigenvalue weighted by Crippen LogP contribution is -2.23. The molecule has 1 aliphatic rings. The van der Waals surface area contributed by atoms with E-state index in [1.54, 1.807) is 12.1 Å². The van der Waals surface area contributed by atoms with E-state index in [0.717, 1.165) is 60.3 Å². The third kappa shape index (κ3) is 5.63. The zero-order valence-corrected chi connectivity index (χ0v) is 19.4. The number of hydrogen-bond acceptors (Lipinski definition) is 3. The van der Waals surface area contributed by atoms with Gasteiger partial charge in [-0.3, -0.25) is 4.68 Å². The zero-order valence-electron chi connectivity index (χ0n) is 18.6. The Morgan fingerprint density at radius 1 is 1.12 bits per heavy atom. The van der Waals surface area contributed by atoms with Crippen molar-refractivity contribution in [3.63, 3.8) is 0 Å². The van der Waals surface area contributed by atoms with Crippen LogP contribution in [0.25, 0.3) is 22.4 Å². The Kier molecular flexibility index (Phi) is 7.46. The minimum absolute atomic E-state index is 0.0992. The van der Waals surface area contributed by atoms with E-state index in [0.29, 0.717) is 18.4 Å². The van der Waals surface area contributed by atoms with Crippen molar-refractivity contribution in [3.8, 4) is 22.4 Å². The normalized spacial score (nSPS) is 18.4. The SMILES string of the molecule is Cc1nn(CC2CCC(COCC(=O)O)CC2)c(-c2ccccc2)c1-c1ccc(F)c(Cl)c1. The van der Waals surface area contributed by atoms with Gasteiger partial charge in [0.05, 0.1) is 23.0 Å². The second-order valence-corrected chi connectivity index (χ2v) is 9.19. The van der Waals surface area contributed by atoms with Gasteiger partial charge in [-0.2, -0.15) is 5.10 Å². The maximum absolute atomic E-state index is 13.8. The fourth-order valence-electron chi connectivity index (χ4n) is 4.74. The van der Waals surface area contributed by atoms with E-state index in [2.05, 4.69) is 16.8 Å². The summed E-state index contributed by atoms with van der Waals surface area (Å²) in [6, 6.07) is 15.0. The fourth-order valence-corrected chi connectivity index (χ4v) is 4.92. The molecule has 1 N–H and O–H groups in total. The van der Waals surface area contributed by atoms with Crippen LogP contribution in [0.1, 0.15) is 31.4 Å². The second-order valence-electron chi connectivity index (χ2n) is 8.78. The minimum Gasteiger partial charge on any atom is -0.480 e. The number of hydrogen-bond donors (Lipinski definition) is 1. The molecule has 0 unspecified atom stereocenters. The number of aliphatic carboxylic acids is 1. The molecule has 0 bridgehead atoms. The molecule has 1 aromatic heterocycles. The summed E-state index contributed by atoms with van der Waals surface area (Å²) in [4.78, 5) is 10.7. The fraction of sp³-hybridized carbons (Fsp3) is 0.385. The second kappa shape index (κ2) is 10.5. The highest BCUT2D eigenvalue weighted by Crippen LogP contribution is 2.38. The Bertz CT molecular complexity index is 1110. The van der Waals surface area contributed by atoms with Crippen LogP contribution < -0.4 is 0 Å². The number of carboxylic acid groups (broad SMARTS) is 1. The topological polar surface area (TPSA) is 64.4 Å². The van der Waals surface area contributed by atoms with Crippen LogP contribution in [0.15, 0.2) is 48.5 Å². The van der Waals surface area contributed by atoms with Crippen molar-refractivity contribution in [3.05, 3.63) is 65.1 Å². The van der Waals surface area contributed by atoms with Gasteiger partial charge in [0, 0.05) is 17.7 Å². The zero-order chi connectivity index (χ0) is 23.4. The van der Waals surface area contributed by atoms with Crippen LogP contribution in [0.5, 0.6) is 0 Å². The summed E-state index contributed by atoms with van der Waals surface area (Å²) < 4.78 is 21.2. The molecular weight excluding hydrogens is 443 g/mol. The largest absolute Gasteiger partial charge is 0.480 e. The lowest BCUT2D eigenvalue weighted by Gasteiger charge is -2.28. The van der Waals surface area contributed by atoms with Crippen molar-refractivity contribution in [1.82, 2.24) is 9.78 Å². The molecule has 0 amide bonds. The number of aromatic nitrogens is 2. The van der Waals surface area contributed by atoms with Crippen LogP contribution in [0.2, 0.25) is 5.02 Å². The van der Waals surface area contributed by atoms with Gasteiger partial charge < -0.3 is 9.84 Å². The highest BCUT2D eigenvalue weighted by atomic mass is 35.5. The predicted octanol–water partition coefficient (Wildman–Crippen LogP) is 6.23. The van der Waals surface area contributed by atoms with E-state index < -0.39 is 11.8 Å². The van der Waals surface area contributed by atoms with E-state index in [-0.39, 0.29) is 11.6 Å². The summed E-state index contributed by atoms with van der Waals surface area (Å²) in [6.45, 7) is 3.04. The lowest BCUT2D eigenvalue weighted by molar-refractivity contribution is -0.142. The van der Waals surface area contributed by atoms with Crippen molar-refractivity contribution in [2.75, 3.05) is 13.2 Å². The molecule has 2 aromatic carbocycles. The van der Waals surface area contributed by atoms with Gasteiger partial charge in [-0.05, 0) is 62.1 Å². The molecule has 1 heterocycles. The molecule has 3 aromatic rings. The third-order valence-corrected chi connectivity index (χ3v) is 6.65. The molecule has 1 aliphatic carbocycles. The first kappa shape index (κ1) is 23.5. The molecule has 4 rings (SSSR count). The number of rotatable bonds is 8. The molecule has 1 fully saturated rings. The Hall–Kier alpha value is -2.70.